The van der Waals surface area contributed by atoms with Crippen molar-refractivity contribution in [3.8, 4) is 0 Å². The number of aliphatic hydroxyl groups is 1. The van der Waals surface area contributed by atoms with Crippen molar-refractivity contribution in [2.75, 3.05) is 18.6 Å². The van der Waals surface area contributed by atoms with Gasteiger partial charge in [-0.1, -0.05) is 0 Å². The summed E-state index contributed by atoms with van der Waals surface area (Å²) in [7, 11) is -0.926. The lowest BCUT2D eigenvalue weighted by atomic mass is 10.1. The fourth-order valence-electron chi connectivity index (χ4n) is 0.860. The van der Waals surface area contributed by atoms with Gasteiger partial charge in [-0.25, -0.2) is 4.79 Å². The third-order valence-corrected chi connectivity index (χ3v) is 2.71. The number of aliphatic carboxylic acids is 1. The number of carboxylic acid groups (broad SMARTS) is 1. The van der Waals surface area contributed by atoms with Gasteiger partial charge in [0.15, 0.2) is 5.60 Å². The average molecular weight is 223 g/mol. The molecular formula is C8H17NO4S. The van der Waals surface area contributed by atoms with Gasteiger partial charge in [0.1, 0.15) is 0 Å². The van der Waals surface area contributed by atoms with Crippen molar-refractivity contribution < 1.29 is 19.2 Å². The summed E-state index contributed by atoms with van der Waals surface area (Å²) in [6.07, 6.45) is 1.58. The summed E-state index contributed by atoms with van der Waals surface area (Å²) in [5.74, 6) is -0.829. The normalized spacial score (nSPS) is 19.7. The Morgan fingerprint density at radius 3 is 2.50 bits per heavy atom. The van der Waals surface area contributed by atoms with Crippen molar-refractivity contribution in [3.63, 3.8) is 0 Å². The van der Waals surface area contributed by atoms with E-state index in [1.165, 1.54) is 6.92 Å². The molecule has 3 atom stereocenters. The van der Waals surface area contributed by atoms with Crippen LogP contribution in [0.1, 0.15) is 13.8 Å². The van der Waals surface area contributed by atoms with E-state index in [1.807, 2.05) is 0 Å². The van der Waals surface area contributed by atoms with Crippen LogP contribution in [-0.2, 0) is 15.6 Å². The molecule has 0 amide bonds. The van der Waals surface area contributed by atoms with E-state index < -0.39 is 22.4 Å². The molecule has 84 valence electrons. The second-order valence-corrected chi connectivity index (χ2v) is 5.08. The molecule has 0 bridgehead atoms. The fourth-order valence-corrected chi connectivity index (χ4v) is 1.68. The molecule has 0 aromatic heterocycles. The molecule has 0 aliphatic heterocycles. The first kappa shape index (κ1) is 13.5. The summed E-state index contributed by atoms with van der Waals surface area (Å²) in [4.78, 5) is 10.5. The van der Waals surface area contributed by atoms with Crippen molar-refractivity contribution in [3.05, 3.63) is 0 Å². The predicted octanol–water partition coefficient (Wildman–Crippen LogP) is -0.821. The maximum atomic E-state index is 10.8. The zero-order valence-electron chi connectivity index (χ0n) is 8.61. The van der Waals surface area contributed by atoms with Crippen molar-refractivity contribution in [1.82, 2.24) is 5.32 Å². The Morgan fingerprint density at radius 2 is 2.14 bits per heavy atom. The van der Waals surface area contributed by atoms with Crippen LogP contribution in [0.2, 0.25) is 0 Å². The summed E-state index contributed by atoms with van der Waals surface area (Å²) in [6.45, 7) is 2.96. The number of rotatable bonds is 6. The smallest absolute Gasteiger partial charge is 0.336 e. The van der Waals surface area contributed by atoms with E-state index in [0.717, 1.165) is 0 Å². The minimum absolute atomic E-state index is 0.0549. The molecule has 5 nitrogen and oxygen atoms in total. The van der Waals surface area contributed by atoms with Gasteiger partial charge in [0.2, 0.25) is 0 Å². The Kier molecular flexibility index (Phi) is 5.25. The molecule has 0 aromatic carbocycles. The molecule has 0 spiro atoms. The quantitative estimate of drug-likeness (QED) is 0.547. The van der Waals surface area contributed by atoms with E-state index in [9.17, 15) is 14.1 Å². The molecular weight excluding hydrogens is 206 g/mol. The van der Waals surface area contributed by atoms with Crippen LogP contribution < -0.4 is 5.32 Å². The first-order valence-corrected chi connectivity index (χ1v) is 5.97. The second kappa shape index (κ2) is 5.43. The van der Waals surface area contributed by atoms with Crippen LogP contribution >= 0.6 is 0 Å². The highest BCUT2D eigenvalue weighted by Gasteiger charge is 2.29. The predicted molar refractivity (Wildman–Crippen MR) is 54.7 cm³/mol. The van der Waals surface area contributed by atoms with Gasteiger partial charge < -0.3 is 15.5 Å². The topological polar surface area (TPSA) is 86.6 Å². The standard InChI is InChI=1S/C8H17NO4S/c1-6(4-14(3)13)9-5-8(2,12)7(10)11/h6,9,12H,4-5H2,1-3H3,(H,10,11). The van der Waals surface area contributed by atoms with Gasteiger partial charge in [-0.05, 0) is 13.8 Å². The van der Waals surface area contributed by atoms with Crippen molar-refractivity contribution in [1.29, 1.82) is 0 Å². The first-order chi connectivity index (χ1) is 6.25. The minimum Gasteiger partial charge on any atom is -0.479 e. The highest BCUT2D eigenvalue weighted by atomic mass is 32.2. The Bertz CT molecular complexity index is 229. The summed E-state index contributed by atoms with van der Waals surface area (Å²) in [5.41, 5.74) is -1.77. The molecule has 0 saturated carbocycles. The number of carboxylic acids is 1. The third kappa shape index (κ3) is 5.31. The van der Waals surface area contributed by atoms with Crippen molar-refractivity contribution in [2.45, 2.75) is 25.5 Å². The monoisotopic (exact) mass is 223 g/mol. The van der Waals surface area contributed by atoms with E-state index >= 15 is 0 Å². The van der Waals surface area contributed by atoms with Gasteiger partial charge in [-0.15, -0.1) is 0 Å². The highest BCUT2D eigenvalue weighted by molar-refractivity contribution is 7.84. The molecule has 0 aromatic rings. The van der Waals surface area contributed by atoms with Gasteiger partial charge in [0.05, 0.1) is 0 Å². The molecule has 3 unspecified atom stereocenters. The van der Waals surface area contributed by atoms with E-state index in [1.54, 1.807) is 13.2 Å². The number of carbonyl (C=O) groups is 1. The lowest BCUT2D eigenvalue weighted by Crippen LogP contribution is -2.48. The van der Waals surface area contributed by atoms with Crippen LogP contribution in [0, 0.1) is 0 Å². The van der Waals surface area contributed by atoms with Gasteiger partial charge in [0.25, 0.3) is 0 Å². The second-order valence-electron chi connectivity index (χ2n) is 3.60. The first-order valence-electron chi connectivity index (χ1n) is 4.25. The number of hydrogen-bond acceptors (Lipinski definition) is 4. The lowest BCUT2D eigenvalue weighted by molar-refractivity contribution is -0.156. The van der Waals surface area contributed by atoms with E-state index in [2.05, 4.69) is 5.32 Å². The van der Waals surface area contributed by atoms with Crippen molar-refractivity contribution >= 4 is 16.8 Å². The molecule has 0 fully saturated rings. The van der Waals surface area contributed by atoms with Crippen LogP contribution in [-0.4, -0.2) is 50.6 Å². The lowest BCUT2D eigenvalue weighted by Gasteiger charge is -2.21. The summed E-state index contributed by atoms with van der Waals surface area (Å²) >= 11 is 0. The summed E-state index contributed by atoms with van der Waals surface area (Å²) in [5, 5.41) is 20.7. The largest absolute Gasteiger partial charge is 0.479 e. The fraction of sp³-hybridized carbons (Fsp3) is 0.875. The van der Waals surface area contributed by atoms with Gasteiger partial charge in [-0.3, -0.25) is 4.21 Å². The summed E-state index contributed by atoms with van der Waals surface area (Å²) < 4.78 is 10.8. The molecule has 0 saturated heterocycles. The molecule has 0 aliphatic carbocycles. The van der Waals surface area contributed by atoms with E-state index in [4.69, 9.17) is 5.11 Å². The SMILES string of the molecule is CC(CS(C)=O)NCC(C)(O)C(=O)O. The number of hydrogen-bond donors (Lipinski definition) is 3. The summed E-state index contributed by atoms with van der Waals surface area (Å²) in [6, 6.07) is -0.0772. The minimum atomic E-state index is -1.77. The zero-order chi connectivity index (χ0) is 11.4. The molecule has 6 heteroatoms. The van der Waals surface area contributed by atoms with Crippen LogP contribution in [0.4, 0.5) is 0 Å². The maximum Gasteiger partial charge on any atom is 0.336 e. The Balaban J connectivity index is 3.93. The average Bonchev–Trinajstić information content (AvgIpc) is 1.99. The van der Waals surface area contributed by atoms with Gasteiger partial charge >= 0.3 is 5.97 Å². The molecule has 14 heavy (non-hydrogen) atoms. The number of nitrogens with one attached hydrogen (secondary N) is 1. The zero-order valence-corrected chi connectivity index (χ0v) is 9.43. The third-order valence-electron chi connectivity index (χ3n) is 1.74. The van der Waals surface area contributed by atoms with Gasteiger partial charge in [0, 0.05) is 35.4 Å². The van der Waals surface area contributed by atoms with Crippen molar-refractivity contribution in [2.24, 2.45) is 0 Å². The van der Waals surface area contributed by atoms with Crippen LogP contribution in [0.5, 0.6) is 0 Å². The van der Waals surface area contributed by atoms with Gasteiger partial charge in [-0.2, -0.15) is 0 Å². The van der Waals surface area contributed by atoms with Crippen LogP contribution in [0.3, 0.4) is 0 Å². The Hall–Kier alpha value is -0.460. The highest BCUT2D eigenvalue weighted by Crippen LogP contribution is 2.01. The molecule has 0 heterocycles. The molecule has 0 radical (unpaired) electrons. The molecule has 0 aliphatic rings. The molecule has 0 rings (SSSR count). The van der Waals surface area contributed by atoms with E-state index in [0.29, 0.717) is 5.75 Å². The van der Waals surface area contributed by atoms with Crippen LogP contribution in [0.25, 0.3) is 0 Å². The van der Waals surface area contributed by atoms with Crippen LogP contribution in [0.15, 0.2) is 0 Å². The van der Waals surface area contributed by atoms with E-state index in [-0.39, 0.29) is 12.6 Å². The maximum absolute atomic E-state index is 10.8. The Morgan fingerprint density at radius 1 is 1.64 bits per heavy atom. The molecule has 3 N–H and O–H groups in total. The Labute approximate surface area is 86.0 Å².